The van der Waals surface area contributed by atoms with E-state index in [1.807, 2.05) is 6.92 Å². The van der Waals surface area contributed by atoms with Gasteiger partial charge in [-0.05, 0) is 84.7 Å². The molecule has 3 N–H and O–H groups in total. The van der Waals surface area contributed by atoms with Crippen LogP contribution in [0, 0.1) is 34.5 Å². The zero-order valence-electron chi connectivity index (χ0n) is 22.0. The van der Waals surface area contributed by atoms with Crippen molar-refractivity contribution in [1.82, 2.24) is 5.32 Å². The molecule has 39 heavy (non-hydrogen) atoms. The molecular weight excluding hydrogens is 522 g/mol. The van der Waals surface area contributed by atoms with Crippen molar-refractivity contribution in [2.24, 2.45) is 40.2 Å². The fourth-order valence-corrected chi connectivity index (χ4v) is 8.85. The van der Waals surface area contributed by atoms with Crippen molar-refractivity contribution in [2.45, 2.75) is 83.1 Å². The third kappa shape index (κ3) is 3.94. The molecule has 6 atom stereocenters. The van der Waals surface area contributed by atoms with Gasteiger partial charge in [0.1, 0.15) is 0 Å². The largest absolute Gasteiger partial charge is 0.424 e. The number of ketones is 1. The molecule has 1 aromatic rings. The Morgan fingerprint density at radius 2 is 1.54 bits per heavy atom. The summed E-state index contributed by atoms with van der Waals surface area (Å²) in [5.41, 5.74) is 1.01. The van der Waals surface area contributed by atoms with Crippen LogP contribution in [0.5, 0.6) is 0 Å². The molecule has 4 aliphatic carbocycles. The van der Waals surface area contributed by atoms with Crippen LogP contribution in [0.2, 0.25) is 0 Å². The minimum atomic E-state index is -5.81. The van der Waals surface area contributed by atoms with Crippen molar-refractivity contribution in [2.75, 3.05) is 0 Å². The Labute approximate surface area is 223 Å². The average Bonchev–Trinajstić information content (AvgIpc) is 3.21. The Balaban J connectivity index is 1.46. The van der Waals surface area contributed by atoms with E-state index in [4.69, 9.17) is 5.73 Å². The Kier molecular flexibility index (Phi) is 6.46. The van der Waals surface area contributed by atoms with Gasteiger partial charge in [-0.3, -0.25) is 9.59 Å². The van der Waals surface area contributed by atoms with Crippen LogP contribution in [0.25, 0.3) is 0 Å². The van der Waals surface area contributed by atoms with Crippen LogP contribution in [-0.2, 0) is 15.1 Å². The SMILES string of the molecule is C[C@]12CC[C@H]3[C@@H](CCC4=C(N)C(=O)CC[C@@]43C)[C@@H]1CC[C@@H]2C(=O)NC(c1ccccc1)(C(F)(F)F)C(F)(F)F. The predicted molar refractivity (Wildman–Crippen MR) is 132 cm³/mol. The highest BCUT2D eigenvalue weighted by atomic mass is 19.4. The molecule has 0 saturated heterocycles. The van der Waals surface area contributed by atoms with E-state index in [2.05, 4.69) is 6.92 Å². The van der Waals surface area contributed by atoms with Crippen molar-refractivity contribution in [3.05, 3.63) is 47.2 Å². The Morgan fingerprint density at radius 1 is 0.897 bits per heavy atom. The highest BCUT2D eigenvalue weighted by Gasteiger charge is 2.73. The van der Waals surface area contributed by atoms with Gasteiger partial charge in [-0.2, -0.15) is 26.3 Å². The highest BCUT2D eigenvalue weighted by molar-refractivity contribution is 5.96. The number of nitrogens with one attached hydrogen (secondary N) is 1. The molecule has 1 amide bonds. The first kappa shape index (κ1) is 28.0. The zero-order valence-corrected chi connectivity index (χ0v) is 22.0. The number of halogens is 6. The molecule has 1 aromatic carbocycles. The van der Waals surface area contributed by atoms with E-state index >= 15 is 0 Å². The first-order valence-corrected chi connectivity index (χ1v) is 13.6. The van der Waals surface area contributed by atoms with Gasteiger partial charge < -0.3 is 11.1 Å². The molecule has 0 aromatic heterocycles. The lowest BCUT2D eigenvalue weighted by Gasteiger charge is -2.58. The van der Waals surface area contributed by atoms with Crippen molar-refractivity contribution >= 4 is 11.7 Å². The summed E-state index contributed by atoms with van der Waals surface area (Å²) in [7, 11) is 0. The van der Waals surface area contributed by atoms with Crippen LogP contribution in [0.3, 0.4) is 0 Å². The molecule has 0 unspecified atom stereocenters. The number of nitrogens with two attached hydrogens (primary N) is 1. The van der Waals surface area contributed by atoms with Gasteiger partial charge in [0.2, 0.25) is 5.91 Å². The quantitative estimate of drug-likeness (QED) is 0.415. The number of allylic oxidation sites excluding steroid dienone is 1. The molecule has 4 aliphatic rings. The Hall–Kier alpha value is -2.52. The van der Waals surface area contributed by atoms with Crippen LogP contribution in [0.15, 0.2) is 41.6 Å². The highest BCUT2D eigenvalue weighted by Crippen LogP contribution is 2.67. The maximum absolute atomic E-state index is 14.3. The van der Waals surface area contributed by atoms with Crippen LogP contribution in [0.4, 0.5) is 26.3 Å². The summed E-state index contributed by atoms with van der Waals surface area (Å²) in [5, 5.41) is 1.51. The minimum absolute atomic E-state index is 0.00729. The molecule has 4 nitrogen and oxygen atoms in total. The van der Waals surface area contributed by atoms with E-state index in [0.29, 0.717) is 44.2 Å². The molecule has 214 valence electrons. The number of rotatable bonds is 3. The number of alkyl halides is 6. The second-order valence-corrected chi connectivity index (χ2v) is 12.4. The van der Waals surface area contributed by atoms with E-state index in [1.54, 1.807) is 0 Å². The molecule has 3 saturated carbocycles. The minimum Gasteiger partial charge on any atom is -0.396 e. The topological polar surface area (TPSA) is 72.2 Å². The number of benzene rings is 1. The van der Waals surface area contributed by atoms with Gasteiger partial charge in [-0.15, -0.1) is 0 Å². The lowest BCUT2D eigenvalue weighted by Crippen LogP contribution is -2.66. The Bertz CT molecular complexity index is 1180. The van der Waals surface area contributed by atoms with Gasteiger partial charge in [0, 0.05) is 12.3 Å². The fraction of sp³-hybridized carbons (Fsp3) is 0.655. The molecule has 0 spiro atoms. The predicted octanol–water partition coefficient (Wildman–Crippen LogP) is 6.56. The number of hydrogen-bond donors (Lipinski definition) is 2. The average molecular weight is 557 g/mol. The summed E-state index contributed by atoms with van der Waals surface area (Å²) in [4.78, 5) is 25.8. The zero-order chi connectivity index (χ0) is 28.6. The first-order chi connectivity index (χ1) is 18.1. The smallest absolute Gasteiger partial charge is 0.396 e. The summed E-state index contributed by atoms with van der Waals surface area (Å²) in [6.07, 6.45) is -7.15. The molecular formula is C29H34F6N2O2. The lowest BCUT2D eigenvalue weighted by molar-refractivity contribution is -0.312. The molecule has 0 heterocycles. The molecule has 0 aliphatic heterocycles. The second-order valence-electron chi connectivity index (χ2n) is 12.4. The van der Waals surface area contributed by atoms with Crippen molar-refractivity contribution in [3.8, 4) is 0 Å². The van der Waals surface area contributed by atoms with Crippen LogP contribution in [0.1, 0.15) is 70.8 Å². The van der Waals surface area contributed by atoms with E-state index in [-0.39, 0.29) is 35.4 Å². The van der Waals surface area contributed by atoms with Gasteiger partial charge in [0.15, 0.2) is 5.78 Å². The molecule has 10 heteroatoms. The van der Waals surface area contributed by atoms with Gasteiger partial charge in [-0.25, -0.2) is 0 Å². The third-order valence-corrected chi connectivity index (χ3v) is 10.9. The second kappa shape index (κ2) is 8.99. The maximum Gasteiger partial charge on any atom is 0.424 e. The summed E-state index contributed by atoms with van der Waals surface area (Å²) in [5.74, 6) is -1.84. The van der Waals surface area contributed by atoms with E-state index in [1.165, 1.54) is 11.4 Å². The van der Waals surface area contributed by atoms with Gasteiger partial charge >= 0.3 is 12.4 Å². The van der Waals surface area contributed by atoms with Crippen molar-refractivity contribution < 1.29 is 35.9 Å². The lowest BCUT2D eigenvalue weighted by atomic mass is 9.46. The van der Waals surface area contributed by atoms with E-state index in [0.717, 1.165) is 36.3 Å². The summed E-state index contributed by atoms with van der Waals surface area (Å²) >= 11 is 0. The third-order valence-electron chi connectivity index (χ3n) is 10.9. The maximum atomic E-state index is 14.3. The van der Waals surface area contributed by atoms with Gasteiger partial charge in [0.05, 0.1) is 5.70 Å². The number of carbonyl (C=O) groups excluding carboxylic acids is 2. The number of fused-ring (bicyclic) bond motifs is 5. The fourth-order valence-electron chi connectivity index (χ4n) is 8.85. The van der Waals surface area contributed by atoms with Crippen molar-refractivity contribution in [3.63, 3.8) is 0 Å². The molecule has 5 rings (SSSR count). The van der Waals surface area contributed by atoms with E-state index in [9.17, 15) is 35.9 Å². The van der Waals surface area contributed by atoms with Gasteiger partial charge in [-0.1, -0.05) is 44.2 Å². The monoisotopic (exact) mass is 556 g/mol. The standard InChI is InChI=1S/C29H34F6N2O2/c1-25-15-13-22(38)23(36)20(25)9-8-17-18-10-11-21(26(18,2)14-12-19(17)25)24(39)37-27(28(30,31)32,29(33,34)35)16-6-4-3-5-7-16/h3-7,17-19,21H,8-15,36H2,1-2H3,(H,37,39)/t17-,18-,19-,21+,25+,26-/m0/s1. The number of carbonyl (C=O) groups is 2. The van der Waals surface area contributed by atoms with Crippen LogP contribution >= 0.6 is 0 Å². The van der Waals surface area contributed by atoms with Gasteiger partial charge in [0.25, 0.3) is 5.54 Å². The van der Waals surface area contributed by atoms with Crippen molar-refractivity contribution in [1.29, 1.82) is 0 Å². The Morgan fingerprint density at radius 3 is 2.15 bits per heavy atom. The number of hydrogen-bond acceptors (Lipinski definition) is 3. The number of amides is 1. The first-order valence-electron chi connectivity index (χ1n) is 13.6. The normalized spacial score (nSPS) is 35.2. The van der Waals surface area contributed by atoms with E-state index < -0.39 is 40.7 Å². The summed E-state index contributed by atoms with van der Waals surface area (Å²) in [6.45, 7) is 4.00. The van der Waals surface area contributed by atoms with Crippen LogP contribution < -0.4 is 11.1 Å². The number of Topliss-reactive ketones (excluding diaryl/α,β-unsaturated/α-hetero) is 1. The molecule has 0 bridgehead atoms. The summed E-state index contributed by atoms with van der Waals surface area (Å²) < 4.78 is 86.0. The molecule has 3 fully saturated rings. The van der Waals surface area contributed by atoms with Crippen LogP contribution in [-0.4, -0.2) is 24.0 Å². The molecule has 0 radical (unpaired) electrons. The summed E-state index contributed by atoms with van der Waals surface area (Å²) in [6, 6.07) is 5.02.